The molecule has 2 aromatic rings. The molecule has 2 N–H and O–H groups in total. The standard InChI is InChI=1S/C12H13BrClN3/c1-8-11(5-6-15)12(13)17(16-8)10-4-2-3-9(14)7-10/h2-4,7H,5-6,15H2,1H3. The highest BCUT2D eigenvalue weighted by atomic mass is 79.9. The first-order valence-corrected chi connectivity index (χ1v) is 6.50. The highest BCUT2D eigenvalue weighted by molar-refractivity contribution is 9.10. The lowest BCUT2D eigenvalue weighted by molar-refractivity contribution is 0.845. The second-order valence-electron chi connectivity index (χ2n) is 3.79. The monoisotopic (exact) mass is 313 g/mol. The number of benzene rings is 1. The minimum atomic E-state index is 0.612. The van der Waals surface area contributed by atoms with Gasteiger partial charge in [0.15, 0.2) is 0 Å². The molecule has 0 aliphatic heterocycles. The maximum atomic E-state index is 5.98. The third kappa shape index (κ3) is 2.54. The van der Waals surface area contributed by atoms with Crippen molar-refractivity contribution in [2.45, 2.75) is 13.3 Å². The molecule has 3 nitrogen and oxygen atoms in total. The van der Waals surface area contributed by atoms with Crippen LogP contribution in [0, 0.1) is 6.92 Å². The van der Waals surface area contributed by atoms with Crippen LogP contribution in [0.2, 0.25) is 5.02 Å². The molecule has 0 aliphatic rings. The molecule has 17 heavy (non-hydrogen) atoms. The topological polar surface area (TPSA) is 43.8 Å². The lowest BCUT2D eigenvalue weighted by atomic mass is 10.2. The molecule has 5 heteroatoms. The average Bonchev–Trinajstić information content (AvgIpc) is 2.57. The third-order valence-electron chi connectivity index (χ3n) is 2.57. The summed E-state index contributed by atoms with van der Waals surface area (Å²) < 4.78 is 2.79. The summed E-state index contributed by atoms with van der Waals surface area (Å²) in [7, 11) is 0. The van der Waals surface area contributed by atoms with Crippen LogP contribution in [0.15, 0.2) is 28.9 Å². The first-order chi connectivity index (χ1) is 8.13. The van der Waals surface area contributed by atoms with Crippen LogP contribution < -0.4 is 5.73 Å². The summed E-state index contributed by atoms with van der Waals surface area (Å²) in [4.78, 5) is 0. The van der Waals surface area contributed by atoms with E-state index in [1.807, 2.05) is 35.9 Å². The van der Waals surface area contributed by atoms with Crippen molar-refractivity contribution in [1.29, 1.82) is 0 Å². The van der Waals surface area contributed by atoms with Crippen LogP contribution in [-0.2, 0) is 6.42 Å². The fraction of sp³-hybridized carbons (Fsp3) is 0.250. The second kappa shape index (κ2) is 5.21. The first kappa shape index (κ1) is 12.6. The number of hydrogen-bond donors (Lipinski definition) is 1. The lowest BCUT2D eigenvalue weighted by Gasteiger charge is -2.04. The Morgan fingerprint density at radius 3 is 2.88 bits per heavy atom. The molecule has 0 radical (unpaired) electrons. The summed E-state index contributed by atoms with van der Waals surface area (Å²) in [5.41, 5.74) is 8.67. The summed E-state index contributed by atoms with van der Waals surface area (Å²) in [5, 5.41) is 5.19. The van der Waals surface area contributed by atoms with Gasteiger partial charge in [-0.05, 0) is 54.0 Å². The molecule has 0 saturated carbocycles. The van der Waals surface area contributed by atoms with Crippen LogP contribution >= 0.6 is 27.5 Å². The predicted octanol–water partition coefficient (Wildman–Crippen LogP) is 3.10. The fourth-order valence-electron chi connectivity index (χ4n) is 1.74. The molecule has 90 valence electrons. The molecule has 1 aromatic heterocycles. The van der Waals surface area contributed by atoms with Gasteiger partial charge in [-0.15, -0.1) is 0 Å². The number of halogens is 2. The number of hydrogen-bond acceptors (Lipinski definition) is 2. The maximum absolute atomic E-state index is 5.98. The minimum absolute atomic E-state index is 0.612. The average molecular weight is 315 g/mol. The van der Waals surface area contributed by atoms with E-state index in [0.717, 1.165) is 28.0 Å². The second-order valence-corrected chi connectivity index (χ2v) is 4.97. The van der Waals surface area contributed by atoms with Crippen molar-refractivity contribution < 1.29 is 0 Å². The van der Waals surface area contributed by atoms with Crippen molar-refractivity contribution in [3.63, 3.8) is 0 Å². The number of aromatic nitrogens is 2. The third-order valence-corrected chi connectivity index (χ3v) is 3.62. The SMILES string of the molecule is Cc1nn(-c2cccc(Cl)c2)c(Br)c1CCN. The molecule has 2 rings (SSSR count). The van der Waals surface area contributed by atoms with Gasteiger partial charge in [-0.25, -0.2) is 4.68 Å². The van der Waals surface area contributed by atoms with E-state index in [9.17, 15) is 0 Å². The van der Waals surface area contributed by atoms with Gasteiger partial charge in [-0.3, -0.25) is 0 Å². The van der Waals surface area contributed by atoms with E-state index in [-0.39, 0.29) is 0 Å². The van der Waals surface area contributed by atoms with Gasteiger partial charge in [-0.2, -0.15) is 5.10 Å². The van der Waals surface area contributed by atoms with Crippen LogP contribution in [0.5, 0.6) is 0 Å². The summed E-state index contributed by atoms with van der Waals surface area (Å²) in [6, 6.07) is 7.60. The zero-order valence-electron chi connectivity index (χ0n) is 9.45. The molecule has 0 amide bonds. The van der Waals surface area contributed by atoms with E-state index in [2.05, 4.69) is 21.0 Å². The Balaban J connectivity index is 2.50. The van der Waals surface area contributed by atoms with Gasteiger partial charge in [-0.1, -0.05) is 17.7 Å². The van der Waals surface area contributed by atoms with E-state index < -0.39 is 0 Å². The first-order valence-electron chi connectivity index (χ1n) is 5.33. The predicted molar refractivity (Wildman–Crippen MR) is 73.8 cm³/mol. The summed E-state index contributed by atoms with van der Waals surface area (Å²) in [6.45, 7) is 2.59. The molecule has 0 atom stereocenters. The molecule has 0 spiro atoms. The van der Waals surface area contributed by atoms with Crippen molar-refractivity contribution in [2.75, 3.05) is 6.54 Å². The van der Waals surface area contributed by atoms with Crippen molar-refractivity contribution >= 4 is 27.5 Å². The Bertz CT molecular complexity index is 537. The zero-order chi connectivity index (χ0) is 12.4. The van der Waals surface area contributed by atoms with Crippen molar-refractivity contribution in [3.05, 3.63) is 45.1 Å². The normalized spacial score (nSPS) is 10.8. The molecular weight excluding hydrogens is 302 g/mol. The van der Waals surface area contributed by atoms with Crippen LogP contribution in [0.25, 0.3) is 5.69 Å². The minimum Gasteiger partial charge on any atom is -0.330 e. The van der Waals surface area contributed by atoms with Gasteiger partial charge in [0, 0.05) is 10.6 Å². The number of aryl methyl sites for hydroxylation is 1. The van der Waals surface area contributed by atoms with Crippen LogP contribution in [0.1, 0.15) is 11.3 Å². The van der Waals surface area contributed by atoms with Crippen molar-refractivity contribution in [3.8, 4) is 5.69 Å². The molecule has 0 aliphatic carbocycles. The van der Waals surface area contributed by atoms with Gasteiger partial charge in [0.05, 0.1) is 11.4 Å². The van der Waals surface area contributed by atoms with Gasteiger partial charge < -0.3 is 5.73 Å². The zero-order valence-corrected chi connectivity index (χ0v) is 11.8. The van der Waals surface area contributed by atoms with Gasteiger partial charge >= 0.3 is 0 Å². The number of nitrogens with zero attached hydrogens (tertiary/aromatic N) is 2. The molecule has 1 heterocycles. The van der Waals surface area contributed by atoms with Crippen LogP contribution in [0.4, 0.5) is 0 Å². The molecule has 0 saturated heterocycles. The fourth-order valence-corrected chi connectivity index (χ4v) is 2.69. The number of nitrogens with two attached hydrogens (primary N) is 1. The Morgan fingerprint density at radius 1 is 1.47 bits per heavy atom. The molecular formula is C12H13BrClN3. The Kier molecular flexibility index (Phi) is 3.86. The van der Waals surface area contributed by atoms with Crippen molar-refractivity contribution in [2.24, 2.45) is 5.73 Å². The lowest BCUT2D eigenvalue weighted by Crippen LogP contribution is -2.03. The largest absolute Gasteiger partial charge is 0.330 e. The van der Waals surface area contributed by atoms with E-state index in [1.54, 1.807) is 0 Å². The summed E-state index contributed by atoms with van der Waals surface area (Å²) in [5.74, 6) is 0. The van der Waals surface area contributed by atoms with Crippen LogP contribution in [0.3, 0.4) is 0 Å². The molecule has 0 bridgehead atoms. The van der Waals surface area contributed by atoms with E-state index >= 15 is 0 Å². The molecule has 1 aromatic carbocycles. The Labute approximate surface area is 114 Å². The van der Waals surface area contributed by atoms with Crippen LogP contribution in [-0.4, -0.2) is 16.3 Å². The summed E-state index contributed by atoms with van der Waals surface area (Å²) >= 11 is 9.54. The molecule has 0 unspecified atom stereocenters. The highest BCUT2D eigenvalue weighted by Crippen LogP contribution is 2.25. The van der Waals surface area contributed by atoms with Crippen molar-refractivity contribution in [1.82, 2.24) is 9.78 Å². The smallest absolute Gasteiger partial charge is 0.113 e. The quantitative estimate of drug-likeness (QED) is 0.946. The number of rotatable bonds is 3. The van der Waals surface area contributed by atoms with Gasteiger partial charge in [0.1, 0.15) is 4.60 Å². The summed E-state index contributed by atoms with van der Waals surface area (Å²) in [6.07, 6.45) is 0.812. The van der Waals surface area contributed by atoms with E-state index in [4.69, 9.17) is 17.3 Å². The maximum Gasteiger partial charge on any atom is 0.113 e. The van der Waals surface area contributed by atoms with E-state index in [1.165, 1.54) is 0 Å². The Morgan fingerprint density at radius 2 is 2.24 bits per heavy atom. The van der Waals surface area contributed by atoms with E-state index in [0.29, 0.717) is 11.6 Å². The van der Waals surface area contributed by atoms with Gasteiger partial charge in [0.25, 0.3) is 0 Å². The molecule has 0 fully saturated rings. The highest BCUT2D eigenvalue weighted by Gasteiger charge is 2.13. The Hall–Kier alpha value is -0.840. The van der Waals surface area contributed by atoms with Gasteiger partial charge in [0.2, 0.25) is 0 Å².